The van der Waals surface area contributed by atoms with Crippen LogP contribution in [0.1, 0.15) is 78.0 Å². The molecule has 0 saturated carbocycles. The minimum Gasteiger partial charge on any atom is -0.381 e. The maximum Gasteiger partial charge on any atom is 0.259 e. The van der Waals surface area contributed by atoms with E-state index in [9.17, 15) is 14.4 Å². The number of nitrogens with one attached hydrogen (secondary N) is 2. The number of hydrogen-bond donors (Lipinski definition) is 2. The van der Waals surface area contributed by atoms with E-state index in [-0.39, 0.29) is 23.0 Å². The molecule has 2 saturated heterocycles. The Kier molecular flexibility index (Phi) is 7.81. The van der Waals surface area contributed by atoms with Crippen molar-refractivity contribution in [2.45, 2.75) is 45.4 Å². The number of ether oxygens (including phenoxy) is 1. The number of carbonyl (C=O) groups excluding carboxylic acids is 3. The zero-order valence-electron chi connectivity index (χ0n) is 28.3. The normalized spacial score (nSPS) is 17.3. The highest BCUT2D eigenvalue weighted by Gasteiger charge is 2.45. The second kappa shape index (κ2) is 12.5. The van der Waals surface area contributed by atoms with Crippen molar-refractivity contribution in [2.75, 3.05) is 48.0 Å². The molecule has 2 amide bonds. The molecule has 3 aliphatic heterocycles. The first-order valence-corrected chi connectivity index (χ1v) is 18.4. The van der Waals surface area contributed by atoms with Gasteiger partial charge in [0.2, 0.25) is 5.78 Å². The number of aromatic amines is 1. The van der Waals surface area contributed by atoms with Crippen molar-refractivity contribution in [1.82, 2.24) is 19.9 Å². The number of ketones is 1. The van der Waals surface area contributed by atoms with Gasteiger partial charge in [0.05, 0.1) is 26.7 Å². The molecule has 258 valence electrons. The number of carbonyl (C=O) groups is 3. The van der Waals surface area contributed by atoms with Gasteiger partial charge in [-0.15, -0.1) is 11.3 Å². The number of aromatic nitrogens is 4. The molecule has 1 aromatic carbocycles. The molecular weight excluding hydrogens is 663 g/mol. The van der Waals surface area contributed by atoms with E-state index >= 15 is 0 Å². The number of hydrogen-bond acceptors (Lipinski definition) is 9. The highest BCUT2D eigenvalue weighted by molar-refractivity contribution is 7.17. The summed E-state index contributed by atoms with van der Waals surface area (Å²) in [4.78, 5) is 63.7. The zero-order valence-corrected chi connectivity index (χ0v) is 29.1. The van der Waals surface area contributed by atoms with Crippen LogP contribution in [0.3, 0.4) is 0 Å². The summed E-state index contributed by atoms with van der Waals surface area (Å²) in [5.41, 5.74) is 7.22. The number of anilines is 3. The zero-order chi connectivity index (χ0) is 34.7. The second-order valence-corrected chi connectivity index (χ2v) is 15.2. The van der Waals surface area contributed by atoms with Crippen LogP contribution in [0, 0.1) is 12.3 Å². The van der Waals surface area contributed by atoms with Crippen molar-refractivity contribution >= 4 is 46.1 Å². The van der Waals surface area contributed by atoms with Crippen LogP contribution >= 0.6 is 11.3 Å². The Balaban J connectivity index is 0.913. The number of aryl methyl sites for hydroxylation is 3. The van der Waals surface area contributed by atoms with E-state index in [0.29, 0.717) is 57.7 Å². The highest BCUT2D eigenvalue weighted by Crippen LogP contribution is 2.43. The van der Waals surface area contributed by atoms with Crippen LogP contribution in [0.15, 0.2) is 60.9 Å². The monoisotopic (exact) mass is 699 g/mol. The number of imidazole rings is 1. The summed E-state index contributed by atoms with van der Waals surface area (Å²) < 4.78 is 5.57. The van der Waals surface area contributed by atoms with E-state index in [1.807, 2.05) is 31.2 Å². The van der Waals surface area contributed by atoms with Crippen molar-refractivity contribution in [3.8, 4) is 10.6 Å². The third-order valence-corrected chi connectivity index (χ3v) is 11.8. The summed E-state index contributed by atoms with van der Waals surface area (Å²) in [6.45, 7) is 5.68. The predicted molar refractivity (Wildman–Crippen MR) is 195 cm³/mol. The van der Waals surface area contributed by atoms with Crippen LogP contribution in [0.25, 0.3) is 10.6 Å². The van der Waals surface area contributed by atoms with Crippen molar-refractivity contribution in [2.24, 2.45) is 5.41 Å². The number of rotatable bonds is 6. The fraction of sp³-hybridized carbons (Fsp3) is 0.333. The summed E-state index contributed by atoms with van der Waals surface area (Å²) >= 11 is 1.40. The first kappa shape index (κ1) is 31.8. The lowest BCUT2D eigenvalue weighted by Gasteiger charge is -2.53. The number of nitrogens with zero attached hydrogens (tertiary/aromatic N) is 5. The summed E-state index contributed by atoms with van der Waals surface area (Å²) in [6.07, 6.45) is 9.06. The molecule has 0 radical (unpaired) electrons. The van der Waals surface area contributed by atoms with E-state index in [2.05, 4.69) is 30.2 Å². The van der Waals surface area contributed by atoms with Crippen molar-refractivity contribution in [3.05, 3.63) is 105 Å². The van der Waals surface area contributed by atoms with E-state index in [4.69, 9.17) is 4.74 Å². The van der Waals surface area contributed by atoms with Crippen LogP contribution in [-0.2, 0) is 24.0 Å². The standard InChI is InChI=1S/C39H37N7O4S/c1-23-18-27(36(41-20-23)45-21-39(22-45)12-16-50-17-13-39)37(48)42-26-9-7-24(8-10-26)38(49)46-15-11-25-19-31(51-34(25)32-30(46)6-3-14-40-32)33(47)35-43-28-4-2-5-29(28)44-35/h3,6-10,14,18-20H,2,4-5,11-13,15-17,21-22H2,1H3,(H,42,48)(H,43,44). The van der Waals surface area contributed by atoms with Crippen LogP contribution in [0.5, 0.6) is 0 Å². The first-order chi connectivity index (χ1) is 24.8. The molecule has 5 aromatic rings. The molecule has 0 atom stereocenters. The van der Waals surface area contributed by atoms with Gasteiger partial charge in [-0.3, -0.25) is 19.4 Å². The maximum absolute atomic E-state index is 14.0. The molecule has 11 nitrogen and oxygen atoms in total. The van der Waals surface area contributed by atoms with Crippen molar-refractivity contribution < 1.29 is 19.1 Å². The Morgan fingerprint density at radius 3 is 2.63 bits per heavy atom. The molecular formula is C39H37N7O4S. The highest BCUT2D eigenvalue weighted by atomic mass is 32.1. The van der Waals surface area contributed by atoms with Gasteiger partial charge in [0.25, 0.3) is 11.8 Å². The number of benzene rings is 1. The topological polar surface area (TPSA) is 133 Å². The third kappa shape index (κ3) is 5.72. The quantitative estimate of drug-likeness (QED) is 0.206. The van der Waals surface area contributed by atoms with E-state index in [1.165, 1.54) is 11.3 Å². The average molecular weight is 700 g/mol. The minimum atomic E-state index is -0.235. The molecule has 12 heteroatoms. The Labute approximate surface area is 299 Å². The molecule has 51 heavy (non-hydrogen) atoms. The molecule has 2 N–H and O–H groups in total. The molecule has 9 rings (SSSR count). The van der Waals surface area contributed by atoms with Gasteiger partial charge in [-0.2, -0.15) is 0 Å². The lowest BCUT2D eigenvalue weighted by atomic mass is 9.73. The number of thiophene rings is 1. The molecule has 2 fully saturated rings. The summed E-state index contributed by atoms with van der Waals surface area (Å²) in [5, 5.41) is 3.02. The van der Waals surface area contributed by atoms with Crippen LogP contribution in [0.4, 0.5) is 17.2 Å². The lowest BCUT2D eigenvalue weighted by Crippen LogP contribution is -2.59. The Morgan fingerprint density at radius 2 is 1.82 bits per heavy atom. The predicted octanol–water partition coefficient (Wildman–Crippen LogP) is 6.03. The summed E-state index contributed by atoms with van der Waals surface area (Å²) in [6, 6.07) is 14.5. The van der Waals surface area contributed by atoms with Gasteiger partial charge >= 0.3 is 0 Å². The minimum absolute atomic E-state index is 0.112. The van der Waals surface area contributed by atoms with E-state index in [0.717, 1.165) is 85.8 Å². The average Bonchev–Trinajstić information content (AvgIpc) is 3.85. The van der Waals surface area contributed by atoms with Crippen LogP contribution in [0.2, 0.25) is 0 Å². The molecule has 1 aliphatic carbocycles. The molecule has 7 heterocycles. The fourth-order valence-electron chi connectivity index (χ4n) is 7.86. The van der Waals surface area contributed by atoms with Crippen LogP contribution < -0.4 is 15.1 Å². The van der Waals surface area contributed by atoms with Gasteiger partial charge in [0, 0.05) is 67.6 Å². The van der Waals surface area contributed by atoms with Crippen molar-refractivity contribution in [3.63, 3.8) is 0 Å². The van der Waals surface area contributed by atoms with Gasteiger partial charge < -0.3 is 24.8 Å². The second-order valence-electron chi connectivity index (χ2n) is 14.1. The van der Waals surface area contributed by atoms with Crippen molar-refractivity contribution in [1.29, 1.82) is 0 Å². The third-order valence-electron chi connectivity index (χ3n) is 10.6. The summed E-state index contributed by atoms with van der Waals surface area (Å²) in [7, 11) is 0. The molecule has 0 bridgehead atoms. The SMILES string of the molecule is Cc1cnc(N2CC3(CCOCC3)C2)c(C(=O)Nc2ccc(C(=O)N3CCc4cc(C(=O)c5nc6c([nH]5)CCC6)sc4-c4ncccc43)cc2)c1. The van der Waals surface area contributed by atoms with Gasteiger partial charge in [-0.1, -0.05) is 0 Å². The molecule has 0 unspecified atom stereocenters. The Hall–Kier alpha value is -5.20. The maximum atomic E-state index is 14.0. The Bertz CT molecular complexity index is 2170. The fourth-order valence-corrected chi connectivity index (χ4v) is 9.02. The van der Waals surface area contributed by atoms with E-state index < -0.39 is 0 Å². The molecule has 4 aliphatic rings. The van der Waals surface area contributed by atoms with Gasteiger partial charge in [0.15, 0.2) is 5.82 Å². The summed E-state index contributed by atoms with van der Waals surface area (Å²) in [5.74, 6) is 0.581. The molecule has 1 spiro atoms. The first-order valence-electron chi connectivity index (χ1n) is 17.6. The number of pyridine rings is 2. The van der Waals surface area contributed by atoms with E-state index in [1.54, 1.807) is 41.6 Å². The van der Waals surface area contributed by atoms with Crippen LogP contribution in [-0.4, -0.2) is 70.4 Å². The number of fused-ring (bicyclic) bond motifs is 4. The molecule has 4 aromatic heterocycles. The number of H-pyrrole nitrogens is 1. The van der Waals surface area contributed by atoms with Gasteiger partial charge in [0.1, 0.15) is 11.5 Å². The number of amides is 2. The largest absolute Gasteiger partial charge is 0.381 e. The van der Waals surface area contributed by atoms with Gasteiger partial charge in [-0.25, -0.2) is 9.97 Å². The Morgan fingerprint density at radius 1 is 1.00 bits per heavy atom. The smallest absolute Gasteiger partial charge is 0.259 e. The lowest BCUT2D eigenvalue weighted by molar-refractivity contribution is -0.000511. The van der Waals surface area contributed by atoms with Gasteiger partial charge in [-0.05, 0) is 105 Å².